The van der Waals surface area contributed by atoms with E-state index >= 15 is 0 Å². The Morgan fingerprint density at radius 1 is 1.47 bits per heavy atom. The fourth-order valence-corrected chi connectivity index (χ4v) is 1.92. The lowest BCUT2D eigenvalue weighted by atomic mass is 10.2. The Labute approximate surface area is 90.3 Å². The normalized spacial score (nSPS) is 16.0. The Bertz CT molecular complexity index is 325. The molecule has 15 heavy (non-hydrogen) atoms. The quantitative estimate of drug-likeness (QED) is 0.281. The minimum Gasteiger partial charge on any atom is -0.409 e. The number of oxime groups is 1. The van der Waals surface area contributed by atoms with Gasteiger partial charge in [0.05, 0.1) is 0 Å². The monoisotopic (exact) mass is 238 g/mol. The van der Waals surface area contributed by atoms with Gasteiger partial charge in [-0.05, 0) is 0 Å². The summed E-state index contributed by atoms with van der Waals surface area (Å²) in [5.74, 6) is -0.328. The van der Waals surface area contributed by atoms with E-state index in [0.717, 1.165) is 8.61 Å². The molecule has 0 aliphatic heterocycles. The molecule has 0 saturated heterocycles. The maximum atomic E-state index is 11.6. The Morgan fingerprint density at radius 3 is 2.27 bits per heavy atom. The third-order valence-corrected chi connectivity index (χ3v) is 3.87. The molecule has 0 aliphatic carbocycles. The zero-order chi connectivity index (χ0) is 12.2. The molecule has 0 rings (SSSR count). The van der Waals surface area contributed by atoms with Gasteiger partial charge in [0.2, 0.25) is 0 Å². The molecule has 0 aliphatic rings. The van der Waals surface area contributed by atoms with E-state index in [1.165, 1.54) is 21.1 Å². The summed E-state index contributed by atoms with van der Waals surface area (Å²) >= 11 is 0. The van der Waals surface area contributed by atoms with Crippen LogP contribution in [-0.4, -0.2) is 55.8 Å². The van der Waals surface area contributed by atoms with Crippen molar-refractivity contribution in [1.29, 1.82) is 0 Å². The van der Waals surface area contributed by atoms with E-state index in [2.05, 4.69) is 5.16 Å². The van der Waals surface area contributed by atoms with Crippen LogP contribution < -0.4 is 5.73 Å². The second kappa shape index (κ2) is 5.29. The highest BCUT2D eigenvalue weighted by Crippen LogP contribution is 2.05. The summed E-state index contributed by atoms with van der Waals surface area (Å²) in [6.07, 6.45) is 0. The molecule has 0 heterocycles. The number of rotatable bonds is 5. The van der Waals surface area contributed by atoms with Gasteiger partial charge in [-0.1, -0.05) is 12.1 Å². The first-order valence-corrected chi connectivity index (χ1v) is 5.74. The first kappa shape index (κ1) is 14.1. The lowest BCUT2D eigenvalue weighted by molar-refractivity contribution is 0.311. The van der Waals surface area contributed by atoms with Crippen molar-refractivity contribution >= 4 is 16.0 Å². The molecule has 0 spiro atoms. The van der Waals surface area contributed by atoms with Gasteiger partial charge in [-0.3, -0.25) is 0 Å². The minimum absolute atomic E-state index is 0.0100. The number of nitrogens with zero attached hydrogens (tertiary/aromatic N) is 3. The summed E-state index contributed by atoms with van der Waals surface area (Å²) in [4.78, 5) is 0. The zero-order valence-corrected chi connectivity index (χ0v) is 10.2. The Hall–Kier alpha value is -0.860. The molecule has 90 valence electrons. The SMILES string of the molecule is CC(CN(C)S(=O)(=O)N(C)C)C(N)=NO. The summed E-state index contributed by atoms with van der Waals surface area (Å²) in [5, 5.41) is 11.2. The molecule has 0 bridgehead atoms. The van der Waals surface area contributed by atoms with Gasteiger partial charge in [-0.2, -0.15) is 17.0 Å². The van der Waals surface area contributed by atoms with Gasteiger partial charge in [-0.15, -0.1) is 0 Å². The van der Waals surface area contributed by atoms with Crippen LogP contribution in [0.5, 0.6) is 0 Å². The molecular formula is C7H18N4O3S. The zero-order valence-electron chi connectivity index (χ0n) is 9.38. The van der Waals surface area contributed by atoms with Crippen molar-refractivity contribution in [2.45, 2.75) is 6.92 Å². The third-order valence-electron chi connectivity index (χ3n) is 2.01. The highest BCUT2D eigenvalue weighted by molar-refractivity contribution is 7.86. The molecule has 1 atom stereocenters. The van der Waals surface area contributed by atoms with Crippen LogP contribution in [0, 0.1) is 5.92 Å². The lowest BCUT2D eigenvalue weighted by Crippen LogP contribution is -2.41. The van der Waals surface area contributed by atoms with E-state index in [9.17, 15) is 8.42 Å². The predicted octanol–water partition coefficient (Wildman–Crippen LogP) is -0.893. The topological polar surface area (TPSA) is 99.2 Å². The molecule has 0 fully saturated rings. The molecule has 0 aromatic heterocycles. The summed E-state index contributed by atoms with van der Waals surface area (Å²) in [6, 6.07) is 0. The van der Waals surface area contributed by atoms with Crippen LogP contribution >= 0.6 is 0 Å². The van der Waals surface area contributed by atoms with Crippen molar-refractivity contribution in [1.82, 2.24) is 8.61 Å². The van der Waals surface area contributed by atoms with E-state index in [-0.39, 0.29) is 18.3 Å². The predicted molar refractivity (Wildman–Crippen MR) is 57.8 cm³/mol. The van der Waals surface area contributed by atoms with E-state index in [4.69, 9.17) is 10.9 Å². The Kier molecular flexibility index (Phi) is 4.98. The number of hydrogen-bond donors (Lipinski definition) is 2. The fourth-order valence-electron chi connectivity index (χ4n) is 0.951. The van der Waals surface area contributed by atoms with Crippen LogP contribution in [-0.2, 0) is 10.2 Å². The van der Waals surface area contributed by atoms with Gasteiger partial charge >= 0.3 is 0 Å². The second-order valence-electron chi connectivity index (χ2n) is 3.50. The summed E-state index contributed by atoms with van der Waals surface area (Å²) in [6.45, 7) is 1.84. The van der Waals surface area contributed by atoms with Crippen molar-refractivity contribution < 1.29 is 13.6 Å². The summed E-state index contributed by atoms with van der Waals surface area (Å²) in [7, 11) is 0.891. The molecule has 1 unspecified atom stereocenters. The molecular weight excluding hydrogens is 220 g/mol. The molecule has 3 N–H and O–H groups in total. The van der Waals surface area contributed by atoms with Gasteiger partial charge in [0.1, 0.15) is 5.84 Å². The van der Waals surface area contributed by atoms with Crippen molar-refractivity contribution in [3.8, 4) is 0 Å². The molecule has 0 radical (unpaired) electrons. The Morgan fingerprint density at radius 2 is 1.93 bits per heavy atom. The van der Waals surface area contributed by atoms with Crippen molar-refractivity contribution in [3.63, 3.8) is 0 Å². The Balaban J connectivity index is 4.58. The minimum atomic E-state index is -3.44. The molecule has 0 amide bonds. The highest BCUT2D eigenvalue weighted by atomic mass is 32.2. The molecule has 0 aromatic rings. The van der Waals surface area contributed by atoms with Crippen LogP contribution in [0.25, 0.3) is 0 Å². The maximum absolute atomic E-state index is 11.6. The fraction of sp³-hybridized carbons (Fsp3) is 0.857. The molecule has 8 heteroatoms. The van der Waals surface area contributed by atoms with E-state index in [1.54, 1.807) is 6.92 Å². The van der Waals surface area contributed by atoms with E-state index < -0.39 is 10.2 Å². The molecule has 0 saturated carbocycles. The smallest absolute Gasteiger partial charge is 0.281 e. The second-order valence-corrected chi connectivity index (χ2v) is 5.75. The average Bonchev–Trinajstić information content (AvgIpc) is 2.15. The van der Waals surface area contributed by atoms with Crippen molar-refractivity contribution in [2.24, 2.45) is 16.8 Å². The van der Waals surface area contributed by atoms with Gasteiger partial charge in [0, 0.05) is 33.6 Å². The average molecular weight is 238 g/mol. The van der Waals surface area contributed by atoms with Gasteiger partial charge in [-0.25, -0.2) is 0 Å². The number of hydrogen-bond acceptors (Lipinski definition) is 4. The standard InChI is InChI=1S/C7H18N4O3S/c1-6(7(8)9-12)5-11(4)15(13,14)10(2)3/h6,12H,5H2,1-4H3,(H2,8,9). The number of nitrogens with two attached hydrogens (primary N) is 1. The van der Waals surface area contributed by atoms with Gasteiger partial charge in [0.15, 0.2) is 0 Å². The first-order valence-electron chi connectivity index (χ1n) is 4.34. The molecule has 0 aromatic carbocycles. The highest BCUT2D eigenvalue weighted by Gasteiger charge is 2.23. The molecule has 7 nitrogen and oxygen atoms in total. The third kappa shape index (κ3) is 3.65. The summed E-state index contributed by atoms with van der Waals surface area (Å²) in [5.41, 5.74) is 5.35. The van der Waals surface area contributed by atoms with E-state index in [1.807, 2.05) is 0 Å². The van der Waals surface area contributed by atoms with Crippen LogP contribution in [0.3, 0.4) is 0 Å². The number of amidine groups is 1. The largest absolute Gasteiger partial charge is 0.409 e. The van der Waals surface area contributed by atoms with Crippen LogP contribution in [0.15, 0.2) is 5.16 Å². The van der Waals surface area contributed by atoms with Gasteiger partial charge in [0.25, 0.3) is 10.2 Å². The van der Waals surface area contributed by atoms with Crippen molar-refractivity contribution in [2.75, 3.05) is 27.7 Å². The van der Waals surface area contributed by atoms with Gasteiger partial charge < -0.3 is 10.9 Å². The van der Waals surface area contributed by atoms with Crippen LogP contribution in [0.1, 0.15) is 6.92 Å². The summed E-state index contributed by atoms with van der Waals surface area (Å²) < 4.78 is 25.4. The van der Waals surface area contributed by atoms with E-state index in [0.29, 0.717) is 0 Å². The van der Waals surface area contributed by atoms with Crippen LogP contribution in [0.2, 0.25) is 0 Å². The first-order chi connectivity index (χ1) is 6.73. The maximum Gasteiger partial charge on any atom is 0.281 e. The van der Waals surface area contributed by atoms with Crippen LogP contribution in [0.4, 0.5) is 0 Å². The van der Waals surface area contributed by atoms with Crippen molar-refractivity contribution in [3.05, 3.63) is 0 Å². The lowest BCUT2D eigenvalue weighted by Gasteiger charge is -2.23.